The van der Waals surface area contributed by atoms with E-state index in [0.29, 0.717) is 17.0 Å². The minimum Gasteiger partial charge on any atom is -0.358 e. The molecule has 0 amide bonds. The second-order valence-corrected chi connectivity index (χ2v) is 2.59. The summed E-state index contributed by atoms with van der Waals surface area (Å²) in [7, 11) is 0. The molecule has 1 N–H and O–H groups in total. The van der Waals surface area contributed by atoms with E-state index in [0.717, 1.165) is 0 Å². The van der Waals surface area contributed by atoms with E-state index in [1.807, 2.05) is 0 Å². The lowest BCUT2D eigenvalue weighted by atomic mass is 10.3. The van der Waals surface area contributed by atoms with Crippen LogP contribution in [0.4, 0.5) is 5.69 Å². The third-order valence-electron chi connectivity index (χ3n) is 1.19. The molecule has 1 aromatic carbocycles. The lowest BCUT2D eigenvalue weighted by Gasteiger charge is -1.93. The van der Waals surface area contributed by atoms with Crippen LogP contribution in [-0.2, 0) is 0 Å². The lowest BCUT2D eigenvalue weighted by molar-refractivity contribution is -0.339. The molecule has 0 bridgehead atoms. The van der Waals surface area contributed by atoms with Crippen LogP contribution in [-0.4, -0.2) is 11.3 Å². The topological polar surface area (TPSA) is 67.5 Å². The standard InChI is InChI=1S/C7H6ClN3O2/c8-6-1-3-7(4-2-6)10-9-5-11(12)13/h1-5,10H. The lowest BCUT2D eigenvalue weighted by Crippen LogP contribution is -1.96. The summed E-state index contributed by atoms with van der Waals surface area (Å²) in [6.07, 6.45) is 0.578. The maximum atomic E-state index is 9.84. The Morgan fingerprint density at radius 1 is 1.46 bits per heavy atom. The van der Waals surface area contributed by atoms with Crippen LogP contribution in [0.2, 0.25) is 5.02 Å². The number of halogens is 1. The molecule has 5 nitrogen and oxygen atoms in total. The normalized spacial score (nSPS) is 10.2. The van der Waals surface area contributed by atoms with Gasteiger partial charge in [0, 0.05) is 10.1 Å². The molecule has 0 unspecified atom stereocenters. The number of rotatable bonds is 3. The molecular weight excluding hydrogens is 194 g/mol. The second-order valence-electron chi connectivity index (χ2n) is 2.15. The van der Waals surface area contributed by atoms with E-state index < -0.39 is 4.92 Å². The predicted octanol–water partition coefficient (Wildman–Crippen LogP) is 1.97. The van der Waals surface area contributed by atoms with Crippen molar-refractivity contribution < 1.29 is 4.92 Å². The monoisotopic (exact) mass is 199 g/mol. The molecule has 0 aromatic heterocycles. The highest BCUT2D eigenvalue weighted by atomic mass is 35.5. The van der Waals surface area contributed by atoms with Gasteiger partial charge in [-0.2, -0.15) is 5.43 Å². The smallest absolute Gasteiger partial charge is 0.352 e. The molecule has 6 heteroatoms. The summed E-state index contributed by atoms with van der Waals surface area (Å²) in [6, 6.07) is 6.65. The third kappa shape index (κ3) is 3.53. The van der Waals surface area contributed by atoms with Gasteiger partial charge < -0.3 is 10.1 Å². The predicted molar refractivity (Wildman–Crippen MR) is 50.6 cm³/mol. The van der Waals surface area contributed by atoms with Gasteiger partial charge in [-0.25, -0.2) is 0 Å². The zero-order valence-electron chi connectivity index (χ0n) is 6.48. The Balaban J connectivity index is 2.55. The van der Waals surface area contributed by atoms with E-state index in [2.05, 4.69) is 10.5 Å². The van der Waals surface area contributed by atoms with Gasteiger partial charge in [0.2, 0.25) is 0 Å². The number of hydrogen-bond donors (Lipinski definition) is 1. The SMILES string of the molecule is O=[N+]([O-])C=NNc1ccc(Cl)cc1. The maximum absolute atomic E-state index is 9.84. The van der Waals surface area contributed by atoms with Gasteiger partial charge in [-0.05, 0) is 29.2 Å². The Morgan fingerprint density at radius 2 is 2.08 bits per heavy atom. The van der Waals surface area contributed by atoms with Crippen LogP contribution in [0.5, 0.6) is 0 Å². The van der Waals surface area contributed by atoms with Crippen LogP contribution >= 0.6 is 11.6 Å². The third-order valence-corrected chi connectivity index (χ3v) is 1.44. The van der Waals surface area contributed by atoms with Gasteiger partial charge >= 0.3 is 6.34 Å². The maximum Gasteiger partial charge on any atom is 0.352 e. The Labute approximate surface area is 79.2 Å². The van der Waals surface area contributed by atoms with Crippen LogP contribution < -0.4 is 5.43 Å². The average molecular weight is 200 g/mol. The van der Waals surface area contributed by atoms with Crippen molar-refractivity contribution in [1.82, 2.24) is 0 Å². The van der Waals surface area contributed by atoms with Crippen LogP contribution in [0.25, 0.3) is 0 Å². The molecule has 13 heavy (non-hydrogen) atoms. The van der Waals surface area contributed by atoms with Gasteiger partial charge in [0.1, 0.15) is 0 Å². The zero-order valence-corrected chi connectivity index (χ0v) is 7.23. The summed E-state index contributed by atoms with van der Waals surface area (Å²) < 4.78 is 0. The average Bonchev–Trinajstić information content (AvgIpc) is 2.08. The van der Waals surface area contributed by atoms with Crippen molar-refractivity contribution in [3.05, 3.63) is 39.4 Å². The van der Waals surface area contributed by atoms with E-state index in [-0.39, 0.29) is 0 Å². The van der Waals surface area contributed by atoms with Crippen LogP contribution in [0, 0.1) is 10.1 Å². The fourth-order valence-corrected chi connectivity index (χ4v) is 0.801. The Bertz CT molecular complexity index is 323. The van der Waals surface area contributed by atoms with Gasteiger partial charge in [-0.15, -0.1) is 0 Å². The second kappa shape index (κ2) is 4.42. The fourth-order valence-electron chi connectivity index (χ4n) is 0.675. The first kappa shape index (κ1) is 9.47. The van der Waals surface area contributed by atoms with Crippen LogP contribution in [0.3, 0.4) is 0 Å². The first-order chi connectivity index (χ1) is 6.18. The minimum atomic E-state index is -0.650. The van der Waals surface area contributed by atoms with E-state index in [1.165, 1.54) is 0 Å². The number of hydrazone groups is 1. The molecule has 0 spiro atoms. The van der Waals surface area contributed by atoms with Crippen molar-refractivity contribution in [2.24, 2.45) is 5.10 Å². The van der Waals surface area contributed by atoms with E-state index in [1.54, 1.807) is 24.3 Å². The highest BCUT2D eigenvalue weighted by molar-refractivity contribution is 6.30. The molecule has 0 saturated heterocycles. The fraction of sp³-hybridized carbons (Fsp3) is 0. The van der Waals surface area contributed by atoms with Crippen molar-refractivity contribution >= 4 is 23.6 Å². The highest BCUT2D eigenvalue weighted by Gasteiger charge is 1.92. The molecule has 0 heterocycles. The summed E-state index contributed by atoms with van der Waals surface area (Å²) in [5.74, 6) is 0. The van der Waals surface area contributed by atoms with E-state index in [4.69, 9.17) is 11.6 Å². The summed E-state index contributed by atoms with van der Waals surface area (Å²) in [6.45, 7) is 0. The van der Waals surface area contributed by atoms with Crippen LogP contribution in [0.15, 0.2) is 29.4 Å². The summed E-state index contributed by atoms with van der Waals surface area (Å²) >= 11 is 5.62. The largest absolute Gasteiger partial charge is 0.358 e. The molecule has 0 aliphatic carbocycles. The summed E-state index contributed by atoms with van der Waals surface area (Å²) in [4.78, 5) is 9.19. The summed E-state index contributed by atoms with van der Waals surface area (Å²) in [5, 5.41) is 13.8. The molecular formula is C7H6ClN3O2. The van der Waals surface area contributed by atoms with Crippen LogP contribution in [0.1, 0.15) is 0 Å². The van der Waals surface area contributed by atoms with Gasteiger partial charge in [-0.3, -0.25) is 0 Å². The molecule has 1 rings (SSSR count). The molecule has 68 valence electrons. The number of nitrogens with one attached hydrogen (secondary N) is 1. The number of nitro groups is 1. The highest BCUT2D eigenvalue weighted by Crippen LogP contribution is 2.12. The zero-order chi connectivity index (χ0) is 9.68. The number of anilines is 1. The van der Waals surface area contributed by atoms with Gasteiger partial charge in [-0.1, -0.05) is 11.6 Å². The van der Waals surface area contributed by atoms with Gasteiger partial charge in [0.25, 0.3) is 0 Å². The molecule has 0 saturated carbocycles. The molecule has 0 atom stereocenters. The Kier molecular flexibility index (Phi) is 3.22. The molecule has 0 aliphatic heterocycles. The number of hydrogen-bond acceptors (Lipinski definition) is 4. The van der Waals surface area contributed by atoms with E-state index >= 15 is 0 Å². The van der Waals surface area contributed by atoms with Gasteiger partial charge in [0.15, 0.2) is 0 Å². The van der Waals surface area contributed by atoms with Crippen molar-refractivity contribution in [2.75, 3.05) is 5.43 Å². The number of nitrogens with zero attached hydrogens (tertiary/aromatic N) is 2. The van der Waals surface area contributed by atoms with Crippen molar-refractivity contribution in [3.63, 3.8) is 0 Å². The Morgan fingerprint density at radius 3 is 2.62 bits per heavy atom. The first-order valence-electron chi connectivity index (χ1n) is 3.37. The Hall–Kier alpha value is -1.62. The minimum absolute atomic E-state index is 0.578. The molecule has 1 aromatic rings. The molecule has 0 aliphatic rings. The van der Waals surface area contributed by atoms with Crippen molar-refractivity contribution in [3.8, 4) is 0 Å². The quantitative estimate of drug-likeness (QED) is 0.350. The summed E-state index contributed by atoms with van der Waals surface area (Å²) in [5.41, 5.74) is 3.11. The van der Waals surface area contributed by atoms with Gasteiger partial charge in [0.05, 0.1) is 5.69 Å². The molecule has 0 radical (unpaired) electrons. The number of benzene rings is 1. The van der Waals surface area contributed by atoms with E-state index in [9.17, 15) is 10.1 Å². The van der Waals surface area contributed by atoms with Crippen molar-refractivity contribution in [1.29, 1.82) is 0 Å². The molecule has 0 fully saturated rings. The first-order valence-corrected chi connectivity index (χ1v) is 3.74. The van der Waals surface area contributed by atoms with Crippen molar-refractivity contribution in [2.45, 2.75) is 0 Å².